The molecule has 0 unspecified atom stereocenters. The van der Waals surface area contributed by atoms with Crippen LogP contribution in [0.3, 0.4) is 0 Å². The van der Waals surface area contributed by atoms with Crippen LogP contribution in [0.1, 0.15) is 17.4 Å². The lowest BCUT2D eigenvalue weighted by atomic mass is 10.2. The predicted octanol–water partition coefficient (Wildman–Crippen LogP) is 3.06. The smallest absolute Gasteiger partial charge is 0.178 e. The Balaban J connectivity index is 2.22. The molecule has 0 fully saturated rings. The van der Waals surface area contributed by atoms with Crippen LogP contribution in [0.5, 0.6) is 5.75 Å². The van der Waals surface area contributed by atoms with Gasteiger partial charge in [-0.15, -0.1) is 0 Å². The number of nitrogens with zero attached hydrogens (tertiary/aromatic N) is 2. The van der Waals surface area contributed by atoms with Crippen LogP contribution >= 0.6 is 0 Å². The van der Waals surface area contributed by atoms with E-state index < -0.39 is 0 Å². The van der Waals surface area contributed by atoms with E-state index in [9.17, 15) is 4.79 Å². The molecule has 0 saturated heterocycles. The van der Waals surface area contributed by atoms with Gasteiger partial charge in [0.2, 0.25) is 0 Å². The molecule has 1 aromatic heterocycles. The zero-order valence-electron chi connectivity index (χ0n) is 11.3. The van der Waals surface area contributed by atoms with Gasteiger partial charge < -0.3 is 9.64 Å². The number of hydrogen-bond donors (Lipinski definition) is 0. The zero-order valence-corrected chi connectivity index (χ0v) is 11.3. The maximum Gasteiger partial charge on any atom is 0.178 e. The van der Waals surface area contributed by atoms with Crippen molar-refractivity contribution < 1.29 is 9.53 Å². The molecule has 98 valence electrons. The van der Waals surface area contributed by atoms with Crippen molar-refractivity contribution in [1.29, 1.82) is 0 Å². The second-order valence-electron chi connectivity index (χ2n) is 4.21. The van der Waals surface area contributed by atoms with E-state index in [1.54, 1.807) is 19.4 Å². The summed E-state index contributed by atoms with van der Waals surface area (Å²) in [7, 11) is 3.59. The number of benzene rings is 1. The topological polar surface area (TPSA) is 42.4 Å². The zero-order chi connectivity index (χ0) is 13.8. The van der Waals surface area contributed by atoms with Crippen LogP contribution in [0.4, 0.5) is 11.4 Å². The highest BCUT2D eigenvalue weighted by atomic mass is 16.5. The molecule has 1 aromatic carbocycles. The Hall–Kier alpha value is -2.36. The molecule has 0 aliphatic carbocycles. The number of ether oxygens (including phenoxy) is 1. The molecule has 4 nitrogen and oxygen atoms in total. The Kier molecular flexibility index (Phi) is 3.80. The van der Waals surface area contributed by atoms with Crippen LogP contribution in [0.15, 0.2) is 42.6 Å². The summed E-state index contributed by atoms with van der Waals surface area (Å²) in [6.07, 6.45) is 1.70. The van der Waals surface area contributed by atoms with Crippen LogP contribution in [0, 0.1) is 0 Å². The van der Waals surface area contributed by atoms with E-state index in [2.05, 4.69) is 4.98 Å². The number of pyridine rings is 1. The van der Waals surface area contributed by atoms with E-state index in [4.69, 9.17) is 4.74 Å². The summed E-state index contributed by atoms with van der Waals surface area (Å²) in [5.41, 5.74) is 2.43. The molecular weight excluding hydrogens is 240 g/mol. The third-order valence-corrected chi connectivity index (χ3v) is 2.96. The largest absolute Gasteiger partial charge is 0.497 e. The van der Waals surface area contributed by atoms with E-state index in [1.165, 1.54) is 6.92 Å². The van der Waals surface area contributed by atoms with Crippen molar-refractivity contribution in [2.45, 2.75) is 6.92 Å². The Morgan fingerprint density at radius 3 is 2.21 bits per heavy atom. The van der Waals surface area contributed by atoms with Gasteiger partial charge in [-0.05, 0) is 36.4 Å². The lowest BCUT2D eigenvalue weighted by molar-refractivity contribution is 0.101. The van der Waals surface area contributed by atoms with Crippen molar-refractivity contribution >= 4 is 17.2 Å². The molecule has 19 heavy (non-hydrogen) atoms. The van der Waals surface area contributed by atoms with E-state index in [-0.39, 0.29) is 5.78 Å². The molecule has 0 spiro atoms. The number of Topliss-reactive ketones (excluding diaryl/α,β-unsaturated/α-hetero) is 1. The second kappa shape index (κ2) is 5.52. The Bertz CT molecular complexity index is 562. The molecule has 0 radical (unpaired) electrons. The highest BCUT2D eigenvalue weighted by Crippen LogP contribution is 2.24. The highest BCUT2D eigenvalue weighted by molar-refractivity contribution is 5.92. The molecule has 0 amide bonds. The minimum Gasteiger partial charge on any atom is -0.497 e. The summed E-state index contributed by atoms with van der Waals surface area (Å²) in [6, 6.07) is 11.4. The fourth-order valence-electron chi connectivity index (χ4n) is 1.75. The lowest BCUT2D eigenvalue weighted by Gasteiger charge is -2.19. The van der Waals surface area contributed by atoms with Gasteiger partial charge >= 0.3 is 0 Å². The number of carbonyl (C=O) groups excluding carboxylic acids is 1. The molecule has 0 aliphatic rings. The van der Waals surface area contributed by atoms with Gasteiger partial charge in [-0.25, -0.2) is 0 Å². The average Bonchev–Trinajstić information content (AvgIpc) is 2.46. The molecule has 0 bridgehead atoms. The number of carbonyl (C=O) groups is 1. The van der Waals surface area contributed by atoms with Gasteiger partial charge in [0.15, 0.2) is 5.78 Å². The van der Waals surface area contributed by atoms with Gasteiger partial charge in [-0.3, -0.25) is 9.78 Å². The van der Waals surface area contributed by atoms with Crippen molar-refractivity contribution in [3.05, 3.63) is 48.3 Å². The average molecular weight is 256 g/mol. The van der Waals surface area contributed by atoms with Crippen LogP contribution in [-0.4, -0.2) is 24.9 Å². The fraction of sp³-hybridized carbons (Fsp3) is 0.200. The SMILES string of the molecule is COc1ccc(N(C)c2ccc(C(C)=O)nc2)cc1. The van der Waals surface area contributed by atoms with Crippen molar-refractivity contribution in [1.82, 2.24) is 4.98 Å². The van der Waals surface area contributed by atoms with Gasteiger partial charge in [-0.2, -0.15) is 0 Å². The number of methoxy groups -OCH3 is 1. The van der Waals surface area contributed by atoms with Gasteiger partial charge in [0.05, 0.1) is 19.0 Å². The first-order chi connectivity index (χ1) is 9.11. The summed E-state index contributed by atoms with van der Waals surface area (Å²) in [6.45, 7) is 1.51. The molecule has 2 aromatic rings. The number of hydrogen-bond acceptors (Lipinski definition) is 4. The lowest BCUT2D eigenvalue weighted by Crippen LogP contribution is -2.10. The van der Waals surface area contributed by atoms with Gasteiger partial charge in [0, 0.05) is 19.7 Å². The first-order valence-electron chi connectivity index (χ1n) is 5.96. The van der Waals surface area contributed by atoms with Gasteiger partial charge in [0.1, 0.15) is 11.4 Å². The van der Waals surface area contributed by atoms with Crippen LogP contribution < -0.4 is 9.64 Å². The summed E-state index contributed by atoms with van der Waals surface area (Å²) >= 11 is 0. The maximum atomic E-state index is 11.2. The molecule has 0 N–H and O–H groups in total. The minimum absolute atomic E-state index is 0.0290. The summed E-state index contributed by atoms with van der Waals surface area (Å²) in [4.78, 5) is 17.3. The molecular formula is C15H16N2O2. The molecule has 1 heterocycles. The second-order valence-corrected chi connectivity index (χ2v) is 4.21. The molecule has 0 aliphatic heterocycles. The van der Waals surface area contributed by atoms with Gasteiger partial charge in [0.25, 0.3) is 0 Å². The monoisotopic (exact) mass is 256 g/mol. The molecule has 2 rings (SSSR count). The van der Waals surface area contributed by atoms with Crippen molar-refractivity contribution in [3.8, 4) is 5.75 Å². The summed E-state index contributed by atoms with van der Waals surface area (Å²) < 4.78 is 5.13. The molecule has 0 saturated carbocycles. The van der Waals surface area contributed by atoms with Crippen LogP contribution in [-0.2, 0) is 0 Å². The van der Waals surface area contributed by atoms with Crippen molar-refractivity contribution in [2.24, 2.45) is 0 Å². The highest BCUT2D eigenvalue weighted by Gasteiger charge is 2.06. The summed E-state index contributed by atoms with van der Waals surface area (Å²) in [5, 5.41) is 0. The van der Waals surface area contributed by atoms with Gasteiger partial charge in [-0.1, -0.05) is 0 Å². The number of ketones is 1. The minimum atomic E-state index is -0.0290. The van der Waals surface area contributed by atoms with E-state index >= 15 is 0 Å². The van der Waals surface area contributed by atoms with E-state index in [1.807, 2.05) is 42.3 Å². The van der Waals surface area contributed by atoms with Crippen molar-refractivity contribution in [2.75, 3.05) is 19.1 Å². The maximum absolute atomic E-state index is 11.2. The Morgan fingerprint density at radius 2 is 1.74 bits per heavy atom. The standard InChI is InChI=1S/C15H16N2O2/c1-11(18)15-9-6-13(10-16-15)17(2)12-4-7-14(19-3)8-5-12/h4-10H,1-3H3. The number of anilines is 2. The Labute approximate surface area is 112 Å². The third kappa shape index (κ3) is 2.91. The number of aromatic nitrogens is 1. The number of rotatable bonds is 4. The van der Waals surface area contributed by atoms with E-state index in [0.717, 1.165) is 17.1 Å². The Morgan fingerprint density at radius 1 is 1.11 bits per heavy atom. The van der Waals surface area contributed by atoms with Crippen LogP contribution in [0.25, 0.3) is 0 Å². The predicted molar refractivity (Wildman–Crippen MR) is 75.3 cm³/mol. The normalized spacial score (nSPS) is 10.1. The van der Waals surface area contributed by atoms with Crippen LogP contribution in [0.2, 0.25) is 0 Å². The third-order valence-electron chi connectivity index (χ3n) is 2.96. The first-order valence-corrected chi connectivity index (χ1v) is 5.96. The summed E-state index contributed by atoms with van der Waals surface area (Å²) in [5.74, 6) is 0.792. The van der Waals surface area contributed by atoms with Crippen molar-refractivity contribution in [3.63, 3.8) is 0 Å². The van der Waals surface area contributed by atoms with E-state index in [0.29, 0.717) is 5.69 Å². The fourth-order valence-corrected chi connectivity index (χ4v) is 1.75. The first kappa shape index (κ1) is 13.1. The molecule has 0 atom stereocenters. The molecule has 4 heteroatoms. The quantitative estimate of drug-likeness (QED) is 0.788.